The van der Waals surface area contributed by atoms with Crippen molar-refractivity contribution in [2.75, 3.05) is 20.3 Å². The number of benzene rings is 1. The average Bonchev–Trinajstić information content (AvgIpc) is 3.14. The molecule has 3 aliphatic rings. The van der Waals surface area contributed by atoms with Gasteiger partial charge < -0.3 is 14.6 Å². The van der Waals surface area contributed by atoms with Crippen LogP contribution < -0.4 is 0 Å². The van der Waals surface area contributed by atoms with E-state index in [0.717, 1.165) is 0 Å². The van der Waals surface area contributed by atoms with Gasteiger partial charge in [-0.2, -0.15) is 0 Å². The van der Waals surface area contributed by atoms with Crippen molar-refractivity contribution in [3.63, 3.8) is 0 Å². The van der Waals surface area contributed by atoms with E-state index in [-0.39, 0.29) is 17.2 Å². The zero-order chi connectivity index (χ0) is 17.7. The highest BCUT2D eigenvalue weighted by Gasteiger charge is 2.58. The van der Waals surface area contributed by atoms with Crippen molar-refractivity contribution in [1.29, 1.82) is 0 Å². The van der Waals surface area contributed by atoms with Gasteiger partial charge in [0.15, 0.2) is 5.79 Å². The minimum atomic E-state index is -0.902. The fourth-order valence-electron chi connectivity index (χ4n) is 4.16. The molecular weight excluding hydrogens is 346 g/mol. The molecule has 25 heavy (non-hydrogen) atoms. The number of rotatable bonds is 2. The molecule has 1 saturated carbocycles. The van der Waals surface area contributed by atoms with Gasteiger partial charge in [-0.1, -0.05) is 29.8 Å². The second-order valence-corrected chi connectivity index (χ2v) is 7.03. The van der Waals surface area contributed by atoms with Crippen molar-refractivity contribution >= 4 is 23.1 Å². The molecule has 0 radical (unpaired) electrons. The molecule has 0 unspecified atom stereocenters. The number of aliphatic hydroxyl groups excluding tert-OH is 1. The molecule has 0 atom stereocenters. The SMILES string of the molecule is CON1C(=O)C(c2ccccc2Cl)=C(O)C12CCC1(CC2)OCCO1. The fourth-order valence-corrected chi connectivity index (χ4v) is 4.39. The third-order valence-corrected chi connectivity index (χ3v) is 5.77. The lowest BCUT2D eigenvalue weighted by Crippen LogP contribution is -2.53. The van der Waals surface area contributed by atoms with E-state index < -0.39 is 11.3 Å². The summed E-state index contributed by atoms with van der Waals surface area (Å²) in [6.45, 7) is 1.15. The molecule has 1 N–H and O–H groups in total. The van der Waals surface area contributed by atoms with Gasteiger partial charge in [-0.15, -0.1) is 0 Å². The quantitative estimate of drug-likeness (QED) is 0.872. The molecule has 2 aliphatic heterocycles. The zero-order valence-corrected chi connectivity index (χ0v) is 14.7. The maximum atomic E-state index is 12.9. The van der Waals surface area contributed by atoms with Crippen molar-refractivity contribution in [3.05, 3.63) is 40.6 Å². The third kappa shape index (κ3) is 2.39. The molecule has 7 heteroatoms. The summed E-state index contributed by atoms with van der Waals surface area (Å²) in [5.74, 6) is -0.959. The minimum Gasteiger partial charge on any atom is -0.509 e. The Hall–Kier alpha value is -1.60. The lowest BCUT2D eigenvalue weighted by Gasteiger charge is -2.44. The highest BCUT2D eigenvalue weighted by Crippen LogP contribution is 2.51. The number of nitrogens with zero attached hydrogens (tertiary/aromatic N) is 1. The van der Waals surface area contributed by atoms with Crippen LogP contribution in [0.25, 0.3) is 5.57 Å². The topological polar surface area (TPSA) is 68.2 Å². The summed E-state index contributed by atoms with van der Waals surface area (Å²) >= 11 is 6.25. The van der Waals surface area contributed by atoms with Crippen LogP contribution in [0.4, 0.5) is 0 Å². The first-order chi connectivity index (χ1) is 12.0. The summed E-state index contributed by atoms with van der Waals surface area (Å²) in [7, 11) is 1.44. The van der Waals surface area contributed by atoms with Gasteiger partial charge in [-0.3, -0.25) is 9.63 Å². The van der Waals surface area contributed by atoms with Gasteiger partial charge in [0.1, 0.15) is 11.3 Å². The molecule has 2 fully saturated rings. The summed E-state index contributed by atoms with van der Waals surface area (Å²) in [6, 6.07) is 6.99. The van der Waals surface area contributed by atoms with Crippen LogP contribution >= 0.6 is 11.6 Å². The van der Waals surface area contributed by atoms with Crippen molar-refractivity contribution < 1.29 is 24.2 Å². The lowest BCUT2D eigenvalue weighted by molar-refractivity contribution is -0.232. The summed E-state index contributed by atoms with van der Waals surface area (Å²) in [5.41, 5.74) is -0.183. The molecule has 0 bridgehead atoms. The summed E-state index contributed by atoms with van der Waals surface area (Å²) in [6.07, 6.45) is 2.15. The van der Waals surface area contributed by atoms with Crippen LogP contribution in [0.15, 0.2) is 30.0 Å². The molecule has 6 nitrogen and oxygen atoms in total. The van der Waals surface area contributed by atoms with Gasteiger partial charge in [0.05, 0.1) is 25.9 Å². The largest absolute Gasteiger partial charge is 0.509 e. The van der Waals surface area contributed by atoms with Crippen LogP contribution in [0, 0.1) is 0 Å². The minimum absolute atomic E-state index is 0.0142. The molecule has 134 valence electrons. The standard InChI is InChI=1S/C18H20ClNO5/c1-23-20-16(22)14(12-4-2-3-5-13(12)19)15(21)17(20)6-8-18(9-7-17)24-10-11-25-18/h2-5,21H,6-11H2,1H3. The highest BCUT2D eigenvalue weighted by atomic mass is 35.5. The van der Waals surface area contributed by atoms with Crippen LogP contribution in [0.1, 0.15) is 31.2 Å². The number of hydrogen-bond acceptors (Lipinski definition) is 5. The van der Waals surface area contributed by atoms with E-state index in [2.05, 4.69) is 0 Å². The van der Waals surface area contributed by atoms with E-state index in [0.29, 0.717) is 49.5 Å². The van der Waals surface area contributed by atoms with Crippen LogP contribution in [-0.4, -0.2) is 47.7 Å². The molecule has 1 aromatic rings. The fraction of sp³-hybridized carbons (Fsp3) is 0.500. The number of hydroxylamine groups is 2. The Morgan fingerprint density at radius 3 is 2.40 bits per heavy atom. The van der Waals surface area contributed by atoms with Crippen molar-refractivity contribution in [2.24, 2.45) is 0 Å². The number of amides is 1. The van der Waals surface area contributed by atoms with E-state index in [1.165, 1.54) is 12.2 Å². The maximum absolute atomic E-state index is 12.9. The Morgan fingerprint density at radius 1 is 1.16 bits per heavy atom. The van der Waals surface area contributed by atoms with E-state index in [1.54, 1.807) is 24.3 Å². The second-order valence-electron chi connectivity index (χ2n) is 6.62. The first-order valence-electron chi connectivity index (χ1n) is 8.38. The van der Waals surface area contributed by atoms with E-state index in [4.69, 9.17) is 25.9 Å². The van der Waals surface area contributed by atoms with Crippen LogP contribution in [-0.2, 0) is 19.1 Å². The molecule has 1 amide bonds. The molecule has 1 aromatic carbocycles. The number of hydrogen-bond donors (Lipinski definition) is 1. The van der Waals surface area contributed by atoms with Crippen molar-refractivity contribution in [2.45, 2.75) is 37.0 Å². The van der Waals surface area contributed by atoms with Crippen LogP contribution in [0.5, 0.6) is 0 Å². The molecule has 0 aromatic heterocycles. The van der Waals surface area contributed by atoms with Gasteiger partial charge in [0, 0.05) is 23.4 Å². The average molecular weight is 366 g/mol. The van der Waals surface area contributed by atoms with Gasteiger partial charge in [0.2, 0.25) is 0 Å². The maximum Gasteiger partial charge on any atom is 0.282 e. The monoisotopic (exact) mass is 365 g/mol. The molecule has 4 rings (SSSR count). The lowest BCUT2D eigenvalue weighted by atomic mass is 9.77. The Morgan fingerprint density at radius 2 is 1.80 bits per heavy atom. The Balaban J connectivity index is 1.74. The van der Waals surface area contributed by atoms with Crippen LogP contribution in [0.2, 0.25) is 5.02 Å². The number of ether oxygens (including phenoxy) is 2. The van der Waals surface area contributed by atoms with Gasteiger partial charge >= 0.3 is 0 Å². The summed E-state index contributed by atoms with van der Waals surface area (Å²) in [4.78, 5) is 18.3. The third-order valence-electron chi connectivity index (χ3n) is 5.44. The number of carbonyl (C=O) groups excluding carboxylic acids is 1. The second kappa shape index (κ2) is 5.99. The number of carbonyl (C=O) groups is 1. The smallest absolute Gasteiger partial charge is 0.282 e. The van der Waals surface area contributed by atoms with Crippen LogP contribution in [0.3, 0.4) is 0 Å². The molecule has 1 aliphatic carbocycles. The summed E-state index contributed by atoms with van der Waals surface area (Å²) < 4.78 is 11.5. The van der Waals surface area contributed by atoms with Gasteiger partial charge in [-0.25, -0.2) is 5.06 Å². The molecule has 1 saturated heterocycles. The van der Waals surface area contributed by atoms with E-state index >= 15 is 0 Å². The van der Waals surface area contributed by atoms with Gasteiger partial charge in [-0.05, 0) is 18.9 Å². The predicted molar refractivity (Wildman–Crippen MR) is 90.7 cm³/mol. The molecule has 2 spiro atoms. The molecule has 2 heterocycles. The van der Waals surface area contributed by atoms with E-state index in [9.17, 15) is 9.90 Å². The Bertz CT molecular complexity index is 731. The van der Waals surface area contributed by atoms with Crippen molar-refractivity contribution in [3.8, 4) is 0 Å². The number of aliphatic hydroxyl groups is 1. The number of halogens is 1. The van der Waals surface area contributed by atoms with Crippen molar-refractivity contribution in [1.82, 2.24) is 5.06 Å². The van der Waals surface area contributed by atoms with Gasteiger partial charge in [0.25, 0.3) is 5.91 Å². The Kier molecular flexibility index (Phi) is 4.03. The highest BCUT2D eigenvalue weighted by molar-refractivity contribution is 6.35. The zero-order valence-electron chi connectivity index (χ0n) is 14.0. The molecular formula is C18H20ClNO5. The predicted octanol–water partition coefficient (Wildman–Crippen LogP) is 3.07. The normalized spacial score (nSPS) is 24.7. The Labute approximate surface area is 150 Å². The van der Waals surface area contributed by atoms with E-state index in [1.807, 2.05) is 0 Å². The first kappa shape index (κ1) is 16.8. The first-order valence-corrected chi connectivity index (χ1v) is 8.76. The summed E-state index contributed by atoms with van der Waals surface area (Å²) in [5, 5.41) is 12.7.